The number of rotatable bonds is 3. The molecule has 1 aromatic carbocycles. The molecule has 0 fully saturated rings. The summed E-state index contributed by atoms with van der Waals surface area (Å²) in [6.07, 6.45) is 4.91. The molecule has 2 aromatic rings. The van der Waals surface area contributed by atoms with E-state index in [9.17, 15) is 0 Å². The van der Waals surface area contributed by atoms with Crippen LogP contribution in [0, 0.1) is 0 Å². The van der Waals surface area contributed by atoms with Gasteiger partial charge in [0.05, 0.1) is 25.0 Å². The van der Waals surface area contributed by atoms with Gasteiger partial charge in [0.1, 0.15) is 0 Å². The van der Waals surface area contributed by atoms with Crippen molar-refractivity contribution in [3.63, 3.8) is 0 Å². The van der Waals surface area contributed by atoms with E-state index in [-0.39, 0.29) is 6.79 Å². The van der Waals surface area contributed by atoms with Crippen LogP contribution in [-0.2, 0) is 22.4 Å². The number of allylic oxidation sites excluding steroid dienone is 1. The first-order valence-corrected chi connectivity index (χ1v) is 8.60. The molecule has 26 heavy (non-hydrogen) atoms. The van der Waals surface area contributed by atoms with Crippen molar-refractivity contribution in [1.29, 1.82) is 0 Å². The summed E-state index contributed by atoms with van der Waals surface area (Å²) in [6.45, 7) is 7.33. The average molecular weight is 352 g/mol. The Morgan fingerprint density at radius 3 is 2.62 bits per heavy atom. The minimum Gasteiger partial charge on any atom is -0.493 e. The molecule has 0 saturated heterocycles. The maximum absolute atomic E-state index is 5.62. The van der Waals surface area contributed by atoms with Crippen LogP contribution in [0.15, 0.2) is 36.2 Å². The van der Waals surface area contributed by atoms with Gasteiger partial charge in [-0.3, -0.25) is 0 Å². The van der Waals surface area contributed by atoms with Crippen LogP contribution >= 0.6 is 0 Å². The van der Waals surface area contributed by atoms with E-state index in [1.54, 1.807) is 14.2 Å². The van der Waals surface area contributed by atoms with Crippen molar-refractivity contribution < 1.29 is 23.5 Å². The third kappa shape index (κ3) is 2.51. The van der Waals surface area contributed by atoms with Crippen molar-refractivity contribution >= 4 is 12.3 Å². The van der Waals surface area contributed by atoms with E-state index in [1.165, 1.54) is 5.56 Å². The Hall–Kier alpha value is -2.95. The van der Waals surface area contributed by atoms with E-state index in [0.717, 1.165) is 46.2 Å². The molecule has 0 bridgehead atoms. The standard InChI is InChI=1S/C21H22NO4/c1-5-18(23-3)21(24-4)16-11-22-7-6-14-9-19-20(26-12-25-19)10-15(14)17(22)8-13(16)2/h5,8-11H,2,6-7,12H2,1,3-4H3/q+1. The molecule has 0 amide bonds. The number of pyridine rings is 1. The van der Waals surface area contributed by atoms with Crippen LogP contribution in [0.3, 0.4) is 0 Å². The van der Waals surface area contributed by atoms with Crippen molar-refractivity contribution in [2.45, 2.75) is 19.9 Å². The van der Waals surface area contributed by atoms with Gasteiger partial charge in [-0.15, -0.1) is 0 Å². The Morgan fingerprint density at radius 1 is 1.15 bits per heavy atom. The molecule has 2 aliphatic heterocycles. The van der Waals surface area contributed by atoms with Gasteiger partial charge in [0.2, 0.25) is 12.5 Å². The molecule has 0 atom stereocenters. The number of methoxy groups -OCH3 is 2. The number of benzene rings is 1. The first-order valence-electron chi connectivity index (χ1n) is 8.60. The van der Waals surface area contributed by atoms with Gasteiger partial charge in [0.15, 0.2) is 35.8 Å². The molecular weight excluding hydrogens is 330 g/mol. The Balaban J connectivity index is 1.94. The molecule has 0 spiro atoms. The van der Waals surface area contributed by atoms with Crippen LogP contribution in [0.4, 0.5) is 0 Å². The van der Waals surface area contributed by atoms with E-state index in [4.69, 9.17) is 18.9 Å². The van der Waals surface area contributed by atoms with Crippen molar-refractivity contribution in [2.75, 3.05) is 21.0 Å². The molecule has 0 N–H and O–H groups in total. The fourth-order valence-corrected chi connectivity index (χ4v) is 3.61. The lowest BCUT2D eigenvalue weighted by atomic mass is 9.96. The Kier molecular flexibility index (Phi) is 4.07. The first kappa shape index (κ1) is 16.5. The van der Waals surface area contributed by atoms with Gasteiger partial charge in [0, 0.05) is 12.5 Å². The van der Waals surface area contributed by atoms with Crippen LogP contribution in [0.25, 0.3) is 23.6 Å². The lowest BCUT2D eigenvalue weighted by Gasteiger charge is -2.16. The predicted octanol–water partition coefficient (Wildman–Crippen LogP) is 1.64. The third-order valence-electron chi connectivity index (χ3n) is 4.90. The molecule has 3 heterocycles. The molecule has 0 radical (unpaired) electrons. The highest BCUT2D eigenvalue weighted by Crippen LogP contribution is 2.39. The second kappa shape index (κ2) is 6.41. The van der Waals surface area contributed by atoms with Gasteiger partial charge >= 0.3 is 0 Å². The molecule has 0 saturated carbocycles. The number of nitrogens with zero attached hydrogens (tertiary/aromatic N) is 1. The van der Waals surface area contributed by atoms with Gasteiger partial charge in [-0.25, -0.2) is 0 Å². The van der Waals surface area contributed by atoms with Crippen LogP contribution in [-0.4, -0.2) is 21.0 Å². The zero-order valence-corrected chi connectivity index (χ0v) is 15.3. The lowest BCUT2D eigenvalue weighted by molar-refractivity contribution is -0.688. The van der Waals surface area contributed by atoms with E-state index >= 15 is 0 Å². The SMILES string of the molecule is C=c1cc2[n+](cc1=C(OC)C(=CC)OC)CCc1cc3c(cc1-2)OCO3. The maximum Gasteiger partial charge on any atom is 0.231 e. The average Bonchev–Trinajstić information content (AvgIpc) is 3.11. The summed E-state index contributed by atoms with van der Waals surface area (Å²) in [5.41, 5.74) is 3.55. The summed E-state index contributed by atoms with van der Waals surface area (Å²) in [5, 5.41) is 1.81. The molecule has 5 heteroatoms. The summed E-state index contributed by atoms with van der Waals surface area (Å²) >= 11 is 0. The highest BCUT2D eigenvalue weighted by molar-refractivity contribution is 5.68. The Labute approximate surface area is 152 Å². The minimum atomic E-state index is 0.285. The first-order chi connectivity index (χ1) is 12.7. The summed E-state index contributed by atoms with van der Waals surface area (Å²) in [4.78, 5) is 0. The second-order valence-electron chi connectivity index (χ2n) is 6.29. The normalized spacial score (nSPS) is 15.9. The zero-order chi connectivity index (χ0) is 18.3. The van der Waals surface area contributed by atoms with E-state index in [2.05, 4.69) is 35.5 Å². The Bertz CT molecular complexity index is 1020. The molecule has 0 unspecified atom stereocenters. The predicted molar refractivity (Wildman–Crippen MR) is 97.9 cm³/mol. The van der Waals surface area contributed by atoms with Gasteiger partial charge in [0.25, 0.3) is 0 Å². The fraction of sp³-hybridized carbons (Fsp3) is 0.286. The molecule has 2 aliphatic rings. The minimum absolute atomic E-state index is 0.285. The maximum atomic E-state index is 5.62. The van der Waals surface area contributed by atoms with Crippen LogP contribution < -0.4 is 24.5 Å². The fourth-order valence-electron chi connectivity index (χ4n) is 3.61. The van der Waals surface area contributed by atoms with Gasteiger partial charge in [-0.1, -0.05) is 6.58 Å². The van der Waals surface area contributed by atoms with Crippen LogP contribution in [0.2, 0.25) is 0 Å². The van der Waals surface area contributed by atoms with Crippen molar-refractivity contribution in [2.24, 2.45) is 0 Å². The quantitative estimate of drug-likeness (QED) is 0.622. The van der Waals surface area contributed by atoms with Crippen LogP contribution in [0.5, 0.6) is 11.5 Å². The third-order valence-corrected chi connectivity index (χ3v) is 4.90. The number of fused-ring (bicyclic) bond motifs is 4. The number of aromatic nitrogens is 1. The van der Waals surface area contributed by atoms with Crippen molar-refractivity contribution in [3.05, 3.63) is 52.2 Å². The van der Waals surface area contributed by atoms with Gasteiger partial charge < -0.3 is 18.9 Å². The van der Waals surface area contributed by atoms with Gasteiger partial charge in [-0.05, 0) is 35.9 Å². The number of hydrogen-bond donors (Lipinski definition) is 0. The lowest BCUT2D eigenvalue weighted by Crippen LogP contribution is -2.47. The number of aryl methyl sites for hydroxylation is 2. The number of ether oxygens (including phenoxy) is 4. The second-order valence-corrected chi connectivity index (χ2v) is 6.29. The molecule has 134 valence electrons. The highest BCUT2D eigenvalue weighted by Gasteiger charge is 2.27. The van der Waals surface area contributed by atoms with E-state index in [0.29, 0.717) is 11.5 Å². The summed E-state index contributed by atoms with van der Waals surface area (Å²) < 4.78 is 24.4. The molecular formula is C21H22NO4+. The largest absolute Gasteiger partial charge is 0.493 e. The van der Waals surface area contributed by atoms with E-state index in [1.807, 2.05) is 13.0 Å². The Morgan fingerprint density at radius 2 is 1.92 bits per heavy atom. The summed E-state index contributed by atoms with van der Waals surface area (Å²) in [7, 11) is 3.29. The van der Waals surface area contributed by atoms with Crippen molar-refractivity contribution in [1.82, 2.24) is 0 Å². The molecule has 0 aliphatic carbocycles. The molecule has 5 nitrogen and oxygen atoms in total. The van der Waals surface area contributed by atoms with Gasteiger partial charge in [-0.2, -0.15) is 4.57 Å². The number of hydrogen-bond acceptors (Lipinski definition) is 4. The van der Waals surface area contributed by atoms with E-state index < -0.39 is 0 Å². The summed E-state index contributed by atoms with van der Waals surface area (Å²) in [6, 6.07) is 6.25. The van der Waals surface area contributed by atoms with Crippen molar-refractivity contribution in [3.8, 4) is 22.8 Å². The molecule has 4 rings (SSSR count). The van der Waals surface area contributed by atoms with Crippen LogP contribution in [0.1, 0.15) is 12.5 Å². The monoisotopic (exact) mass is 352 g/mol. The zero-order valence-electron chi connectivity index (χ0n) is 15.3. The topological polar surface area (TPSA) is 40.8 Å². The molecule has 1 aromatic heterocycles. The smallest absolute Gasteiger partial charge is 0.231 e. The summed E-state index contributed by atoms with van der Waals surface area (Å²) in [5.74, 6) is 3.01. The highest BCUT2D eigenvalue weighted by atomic mass is 16.7.